The number of rotatable bonds is 5. The largest absolute Gasteiger partial charge is 0.347 e. The van der Waals surface area contributed by atoms with Gasteiger partial charge in [0.2, 0.25) is 11.7 Å². The first-order valence-electron chi connectivity index (χ1n) is 8.96. The van der Waals surface area contributed by atoms with E-state index < -0.39 is 11.7 Å². The molecular weight excluding hydrogens is 360 g/mol. The molecule has 0 saturated carbocycles. The van der Waals surface area contributed by atoms with Crippen molar-refractivity contribution in [2.75, 3.05) is 11.9 Å². The topological polar surface area (TPSA) is 113 Å². The van der Waals surface area contributed by atoms with Crippen molar-refractivity contribution in [1.29, 1.82) is 0 Å². The molecule has 0 radical (unpaired) electrons. The monoisotopic (exact) mass is 378 g/mol. The quantitative estimate of drug-likeness (QED) is 0.457. The molecular formula is C20H18N4O4. The normalized spacial score (nSPS) is 13.1. The number of benzene rings is 2. The number of imidazole rings is 1. The Bertz CT molecular complexity index is 1160. The van der Waals surface area contributed by atoms with Gasteiger partial charge in [0.15, 0.2) is 0 Å². The van der Waals surface area contributed by atoms with Gasteiger partial charge in [0.1, 0.15) is 0 Å². The van der Waals surface area contributed by atoms with E-state index in [1.807, 2.05) is 18.2 Å². The molecule has 8 nitrogen and oxygen atoms in total. The fraction of sp³-hybridized carbons (Fsp3) is 0.200. The number of hydrogen-bond donors (Lipinski definition) is 3. The standard InChI is InChI=1S/C20H18N4O4/c25-17-8-6-12-11-13(5-7-14(12)22-17)18(26)19(27)21-9-10-24-16-4-2-1-3-15(16)23-20(24)28/h1-5,7,11H,6,8-10H2,(H,21,27)(H,22,25)(H,23,28). The minimum Gasteiger partial charge on any atom is -0.347 e. The molecule has 4 rings (SSSR count). The SMILES string of the molecule is O=C1CCc2cc(C(=O)C(=O)NCCn3c(=O)[nH]c4ccccc43)ccc2N1. The Hall–Kier alpha value is -3.68. The number of fused-ring (bicyclic) bond motifs is 2. The first-order chi connectivity index (χ1) is 13.5. The van der Waals surface area contributed by atoms with Gasteiger partial charge in [0.05, 0.1) is 11.0 Å². The fourth-order valence-electron chi connectivity index (χ4n) is 3.35. The Morgan fingerprint density at radius 3 is 2.75 bits per heavy atom. The third-order valence-corrected chi connectivity index (χ3v) is 4.77. The molecule has 2 heterocycles. The number of ketones is 1. The summed E-state index contributed by atoms with van der Waals surface area (Å²) in [6.07, 6.45) is 0.892. The highest BCUT2D eigenvalue weighted by atomic mass is 16.2. The Morgan fingerprint density at radius 1 is 1.07 bits per heavy atom. The summed E-state index contributed by atoms with van der Waals surface area (Å²) in [5, 5.41) is 5.31. The lowest BCUT2D eigenvalue weighted by Gasteiger charge is -2.17. The molecule has 2 aromatic carbocycles. The van der Waals surface area contributed by atoms with Gasteiger partial charge >= 0.3 is 5.69 Å². The van der Waals surface area contributed by atoms with Gasteiger partial charge in [-0.05, 0) is 42.3 Å². The number of carbonyl (C=O) groups excluding carboxylic acids is 3. The minimum atomic E-state index is -0.729. The number of amides is 2. The van der Waals surface area contributed by atoms with Gasteiger partial charge in [0.25, 0.3) is 5.91 Å². The Morgan fingerprint density at radius 2 is 1.89 bits per heavy atom. The molecule has 142 valence electrons. The molecule has 3 aromatic rings. The van der Waals surface area contributed by atoms with E-state index in [-0.39, 0.29) is 30.2 Å². The lowest BCUT2D eigenvalue weighted by molar-refractivity contribution is -0.117. The molecule has 0 spiro atoms. The maximum absolute atomic E-state index is 12.4. The summed E-state index contributed by atoms with van der Waals surface area (Å²) in [6, 6.07) is 12.1. The maximum Gasteiger partial charge on any atom is 0.326 e. The second-order valence-electron chi connectivity index (χ2n) is 6.60. The summed E-state index contributed by atoms with van der Waals surface area (Å²) in [4.78, 5) is 50.8. The molecule has 1 aliphatic rings. The summed E-state index contributed by atoms with van der Waals surface area (Å²) < 4.78 is 1.52. The second-order valence-corrected chi connectivity index (χ2v) is 6.60. The highest BCUT2D eigenvalue weighted by Gasteiger charge is 2.20. The molecule has 0 fully saturated rings. The Kier molecular flexibility index (Phi) is 4.52. The molecule has 0 unspecified atom stereocenters. The number of H-pyrrole nitrogens is 1. The zero-order valence-electron chi connectivity index (χ0n) is 15.0. The van der Waals surface area contributed by atoms with Crippen LogP contribution in [0.2, 0.25) is 0 Å². The van der Waals surface area contributed by atoms with Crippen LogP contribution in [-0.2, 0) is 22.6 Å². The summed E-state index contributed by atoms with van der Waals surface area (Å²) in [7, 11) is 0. The van der Waals surface area contributed by atoms with Crippen LogP contribution in [0.25, 0.3) is 11.0 Å². The highest BCUT2D eigenvalue weighted by Crippen LogP contribution is 2.23. The average Bonchev–Trinajstić information content (AvgIpc) is 3.02. The van der Waals surface area contributed by atoms with Crippen molar-refractivity contribution in [1.82, 2.24) is 14.9 Å². The van der Waals surface area contributed by atoms with Crippen LogP contribution in [0.1, 0.15) is 22.3 Å². The van der Waals surface area contributed by atoms with Gasteiger partial charge in [-0.25, -0.2) is 4.79 Å². The molecule has 1 aromatic heterocycles. The van der Waals surface area contributed by atoms with E-state index in [1.165, 1.54) is 10.6 Å². The van der Waals surface area contributed by atoms with Gasteiger partial charge in [-0.1, -0.05) is 12.1 Å². The van der Waals surface area contributed by atoms with Crippen LogP contribution < -0.4 is 16.3 Å². The number of Topliss-reactive ketones (excluding diaryl/α,β-unsaturated/α-hetero) is 1. The van der Waals surface area contributed by atoms with Gasteiger partial charge in [0, 0.05) is 30.8 Å². The number of anilines is 1. The Balaban J connectivity index is 1.41. The molecule has 3 N–H and O–H groups in total. The Labute approximate surface area is 159 Å². The van der Waals surface area contributed by atoms with Crippen LogP contribution in [0.5, 0.6) is 0 Å². The van der Waals surface area contributed by atoms with Crippen LogP contribution in [0.4, 0.5) is 5.69 Å². The van der Waals surface area contributed by atoms with Gasteiger partial charge in [-0.15, -0.1) is 0 Å². The van der Waals surface area contributed by atoms with Crippen molar-refractivity contribution < 1.29 is 14.4 Å². The fourth-order valence-corrected chi connectivity index (χ4v) is 3.35. The molecule has 0 saturated heterocycles. The van der Waals surface area contributed by atoms with Crippen LogP contribution in [0, 0.1) is 0 Å². The number of aromatic amines is 1. The highest BCUT2D eigenvalue weighted by molar-refractivity contribution is 6.42. The lowest BCUT2D eigenvalue weighted by atomic mass is 9.98. The van der Waals surface area contributed by atoms with Crippen molar-refractivity contribution in [3.63, 3.8) is 0 Å². The van der Waals surface area contributed by atoms with E-state index in [0.29, 0.717) is 18.5 Å². The number of nitrogens with one attached hydrogen (secondary N) is 3. The second kappa shape index (κ2) is 7.15. The van der Waals surface area contributed by atoms with Crippen LogP contribution in [0.3, 0.4) is 0 Å². The van der Waals surface area contributed by atoms with Crippen molar-refractivity contribution in [2.45, 2.75) is 19.4 Å². The number of para-hydroxylation sites is 2. The summed E-state index contributed by atoms with van der Waals surface area (Å²) >= 11 is 0. The molecule has 0 aliphatic carbocycles. The summed E-state index contributed by atoms with van der Waals surface area (Å²) in [6.45, 7) is 0.394. The third-order valence-electron chi connectivity index (χ3n) is 4.77. The summed E-state index contributed by atoms with van der Waals surface area (Å²) in [5.41, 5.74) is 2.98. The van der Waals surface area contributed by atoms with E-state index >= 15 is 0 Å². The van der Waals surface area contributed by atoms with Crippen molar-refractivity contribution >= 4 is 34.3 Å². The van der Waals surface area contributed by atoms with E-state index in [0.717, 1.165) is 16.6 Å². The van der Waals surface area contributed by atoms with Gasteiger partial charge < -0.3 is 15.6 Å². The average molecular weight is 378 g/mol. The van der Waals surface area contributed by atoms with Crippen molar-refractivity contribution in [3.05, 3.63) is 64.1 Å². The predicted octanol–water partition coefficient (Wildman–Crippen LogP) is 1.21. The van der Waals surface area contributed by atoms with E-state index in [1.54, 1.807) is 18.2 Å². The number of hydrogen-bond acceptors (Lipinski definition) is 4. The predicted molar refractivity (Wildman–Crippen MR) is 103 cm³/mol. The summed E-state index contributed by atoms with van der Waals surface area (Å²) in [5.74, 6) is -1.43. The van der Waals surface area contributed by atoms with Crippen LogP contribution in [0.15, 0.2) is 47.3 Å². The molecule has 2 amide bonds. The first-order valence-corrected chi connectivity index (χ1v) is 8.96. The van der Waals surface area contributed by atoms with E-state index in [4.69, 9.17) is 0 Å². The molecule has 0 bridgehead atoms. The molecule has 0 atom stereocenters. The number of carbonyl (C=O) groups is 3. The zero-order chi connectivity index (χ0) is 19.7. The van der Waals surface area contributed by atoms with Crippen LogP contribution >= 0.6 is 0 Å². The first kappa shape index (κ1) is 17.7. The molecule has 8 heteroatoms. The van der Waals surface area contributed by atoms with Gasteiger partial charge in [-0.3, -0.25) is 19.0 Å². The number of aryl methyl sites for hydroxylation is 1. The van der Waals surface area contributed by atoms with E-state index in [9.17, 15) is 19.2 Å². The van der Waals surface area contributed by atoms with Crippen molar-refractivity contribution in [2.24, 2.45) is 0 Å². The molecule has 28 heavy (non-hydrogen) atoms. The van der Waals surface area contributed by atoms with Crippen molar-refractivity contribution in [3.8, 4) is 0 Å². The van der Waals surface area contributed by atoms with Crippen LogP contribution in [-0.4, -0.2) is 33.7 Å². The van der Waals surface area contributed by atoms with Gasteiger partial charge in [-0.2, -0.15) is 0 Å². The number of nitrogens with zero attached hydrogens (tertiary/aromatic N) is 1. The number of aromatic nitrogens is 2. The smallest absolute Gasteiger partial charge is 0.326 e. The molecule has 1 aliphatic heterocycles. The zero-order valence-corrected chi connectivity index (χ0v) is 15.0. The van der Waals surface area contributed by atoms with E-state index in [2.05, 4.69) is 15.6 Å². The third kappa shape index (κ3) is 3.32. The lowest BCUT2D eigenvalue weighted by Crippen LogP contribution is -2.35. The minimum absolute atomic E-state index is 0.0585. The maximum atomic E-state index is 12.4.